The Balaban J connectivity index is 2.60. The van der Waals surface area contributed by atoms with Crippen LogP contribution in [0.25, 0.3) is 0 Å². The summed E-state index contributed by atoms with van der Waals surface area (Å²) < 4.78 is 24.5. The van der Waals surface area contributed by atoms with E-state index in [-0.39, 0.29) is 0 Å². The molecule has 0 aromatic carbocycles. The van der Waals surface area contributed by atoms with Crippen LogP contribution in [0.15, 0.2) is 0 Å². The van der Waals surface area contributed by atoms with Gasteiger partial charge in [0.1, 0.15) is 0 Å². The molecule has 108 valence electrons. The van der Waals surface area contributed by atoms with Gasteiger partial charge >= 0.3 is 0 Å². The standard InChI is InChI=1S/C12H27N3O2S/c1-4-11(5-2)12(10-13)14-6-8-15(9-7-14)18(3,16)17/h11-12H,4-10,13H2,1-3H3. The van der Waals surface area contributed by atoms with Crippen LogP contribution in [0.4, 0.5) is 0 Å². The monoisotopic (exact) mass is 277 g/mol. The number of hydrogen-bond donors (Lipinski definition) is 1. The molecule has 0 aromatic rings. The maximum absolute atomic E-state index is 11.5. The van der Waals surface area contributed by atoms with E-state index in [0.29, 0.717) is 31.6 Å². The van der Waals surface area contributed by atoms with E-state index in [4.69, 9.17) is 5.73 Å². The fourth-order valence-electron chi connectivity index (χ4n) is 2.84. The predicted molar refractivity (Wildman–Crippen MR) is 74.9 cm³/mol. The van der Waals surface area contributed by atoms with Crippen LogP contribution in [-0.4, -0.2) is 62.6 Å². The lowest BCUT2D eigenvalue weighted by Gasteiger charge is -2.41. The number of piperazine rings is 1. The minimum Gasteiger partial charge on any atom is -0.329 e. The Hall–Kier alpha value is -0.170. The van der Waals surface area contributed by atoms with Gasteiger partial charge in [-0.25, -0.2) is 8.42 Å². The first kappa shape index (κ1) is 15.9. The topological polar surface area (TPSA) is 66.6 Å². The van der Waals surface area contributed by atoms with Crippen LogP contribution >= 0.6 is 0 Å². The van der Waals surface area contributed by atoms with E-state index in [0.717, 1.165) is 25.9 Å². The molecule has 6 heteroatoms. The van der Waals surface area contributed by atoms with Gasteiger partial charge < -0.3 is 5.73 Å². The maximum atomic E-state index is 11.5. The molecule has 0 spiro atoms. The van der Waals surface area contributed by atoms with Crippen molar-refractivity contribution in [1.29, 1.82) is 0 Å². The normalized spacial score (nSPS) is 21.4. The van der Waals surface area contributed by atoms with E-state index in [9.17, 15) is 8.42 Å². The molecule has 0 amide bonds. The highest BCUT2D eigenvalue weighted by atomic mass is 32.2. The number of nitrogens with zero attached hydrogens (tertiary/aromatic N) is 2. The molecule has 1 saturated heterocycles. The summed E-state index contributed by atoms with van der Waals surface area (Å²) in [6.45, 7) is 7.83. The van der Waals surface area contributed by atoms with E-state index in [1.807, 2.05) is 0 Å². The van der Waals surface area contributed by atoms with Gasteiger partial charge in [0.05, 0.1) is 6.26 Å². The minimum absolute atomic E-state index is 0.390. The summed E-state index contributed by atoms with van der Waals surface area (Å²) in [7, 11) is -3.04. The minimum atomic E-state index is -3.04. The van der Waals surface area contributed by atoms with Gasteiger partial charge in [0.25, 0.3) is 0 Å². The molecule has 0 aliphatic carbocycles. The van der Waals surface area contributed by atoms with Gasteiger partial charge in [-0.1, -0.05) is 26.7 Å². The van der Waals surface area contributed by atoms with Gasteiger partial charge in [0.15, 0.2) is 0 Å². The Labute approximate surface area is 111 Å². The van der Waals surface area contributed by atoms with Crippen molar-refractivity contribution in [2.24, 2.45) is 11.7 Å². The van der Waals surface area contributed by atoms with Crippen LogP contribution < -0.4 is 5.73 Å². The van der Waals surface area contributed by atoms with Crippen molar-refractivity contribution >= 4 is 10.0 Å². The zero-order valence-corrected chi connectivity index (χ0v) is 12.6. The van der Waals surface area contributed by atoms with Crippen LogP contribution in [0.2, 0.25) is 0 Å². The lowest BCUT2D eigenvalue weighted by Crippen LogP contribution is -2.55. The zero-order chi connectivity index (χ0) is 13.8. The molecule has 0 saturated carbocycles. The second kappa shape index (κ2) is 6.84. The molecule has 1 rings (SSSR count). The molecule has 1 atom stereocenters. The number of rotatable bonds is 6. The summed E-state index contributed by atoms with van der Waals surface area (Å²) >= 11 is 0. The molecule has 18 heavy (non-hydrogen) atoms. The first-order valence-electron chi connectivity index (χ1n) is 6.83. The first-order valence-corrected chi connectivity index (χ1v) is 8.68. The lowest BCUT2D eigenvalue weighted by atomic mass is 9.92. The van der Waals surface area contributed by atoms with Gasteiger partial charge in [-0.05, 0) is 5.92 Å². The zero-order valence-electron chi connectivity index (χ0n) is 11.8. The van der Waals surface area contributed by atoms with Gasteiger partial charge in [0.2, 0.25) is 10.0 Å². The van der Waals surface area contributed by atoms with Crippen molar-refractivity contribution in [3.63, 3.8) is 0 Å². The largest absolute Gasteiger partial charge is 0.329 e. The van der Waals surface area contributed by atoms with Crippen molar-refractivity contribution in [1.82, 2.24) is 9.21 Å². The number of nitrogens with two attached hydrogens (primary N) is 1. The highest BCUT2D eigenvalue weighted by molar-refractivity contribution is 7.88. The Morgan fingerprint density at radius 2 is 1.61 bits per heavy atom. The van der Waals surface area contributed by atoms with Crippen LogP contribution in [0.5, 0.6) is 0 Å². The van der Waals surface area contributed by atoms with Crippen LogP contribution in [0.1, 0.15) is 26.7 Å². The van der Waals surface area contributed by atoms with Crippen molar-refractivity contribution in [2.45, 2.75) is 32.7 Å². The highest BCUT2D eigenvalue weighted by Gasteiger charge is 2.29. The Morgan fingerprint density at radius 3 is 1.94 bits per heavy atom. The van der Waals surface area contributed by atoms with E-state index >= 15 is 0 Å². The Morgan fingerprint density at radius 1 is 1.11 bits per heavy atom. The third-order valence-corrected chi connectivity index (χ3v) is 5.35. The van der Waals surface area contributed by atoms with Gasteiger partial charge in [-0.3, -0.25) is 4.90 Å². The van der Waals surface area contributed by atoms with Crippen molar-refractivity contribution in [3.05, 3.63) is 0 Å². The Bertz CT molecular complexity index is 333. The van der Waals surface area contributed by atoms with Crippen LogP contribution in [0, 0.1) is 5.92 Å². The molecule has 5 nitrogen and oxygen atoms in total. The number of hydrogen-bond acceptors (Lipinski definition) is 4. The first-order chi connectivity index (χ1) is 8.43. The summed E-state index contributed by atoms with van der Waals surface area (Å²) in [5.74, 6) is 0.611. The molecule has 0 aromatic heterocycles. The van der Waals surface area contributed by atoms with Gasteiger partial charge in [-0.15, -0.1) is 0 Å². The molecule has 1 aliphatic heterocycles. The molecule has 1 heterocycles. The van der Waals surface area contributed by atoms with E-state index in [1.165, 1.54) is 6.26 Å². The average Bonchev–Trinajstić information content (AvgIpc) is 2.35. The van der Waals surface area contributed by atoms with Crippen molar-refractivity contribution < 1.29 is 8.42 Å². The second-order valence-electron chi connectivity index (χ2n) is 5.08. The summed E-state index contributed by atoms with van der Waals surface area (Å²) in [4.78, 5) is 2.36. The second-order valence-corrected chi connectivity index (χ2v) is 7.06. The summed E-state index contributed by atoms with van der Waals surface area (Å²) in [5.41, 5.74) is 5.90. The quantitative estimate of drug-likeness (QED) is 0.759. The molecule has 1 unspecified atom stereocenters. The SMILES string of the molecule is CCC(CC)C(CN)N1CCN(S(C)(=O)=O)CC1. The van der Waals surface area contributed by atoms with E-state index in [1.54, 1.807) is 4.31 Å². The molecular weight excluding hydrogens is 250 g/mol. The molecule has 1 fully saturated rings. The highest BCUT2D eigenvalue weighted by Crippen LogP contribution is 2.20. The third-order valence-electron chi connectivity index (χ3n) is 4.05. The van der Waals surface area contributed by atoms with Crippen molar-refractivity contribution in [2.75, 3.05) is 39.0 Å². The fraction of sp³-hybridized carbons (Fsp3) is 1.00. The van der Waals surface area contributed by atoms with E-state index in [2.05, 4.69) is 18.7 Å². The van der Waals surface area contributed by atoms with Crippen molar-refractivity contribution in [3.8, 4) is 0 Å². The maximum Gasteiger partial charge on any atom is 0.211 e. The lowest BCUT2D eigenvalue weighted by molar-refractivity contribution is 0.0993. The summed E-state index contributed by atoms with van der Waals surface area (Å²) in [5, 5.41) is 0. The molecule has 2 N–H and O–H groups in total. The number of sulfonamides is 1. The van der Waals surface area contributed by atoms with Crippen LogP contribution in [-0.2, 0) is 10.0 Å². The smallest absolute Gasteiger partial charge is 0.211 e. The van der Waals surface area contributed by atoms with Gasteiger partial charge in [-0.2, -0.15) is 4.31 Å². The molecule has 0 bridgehead atoms. The average molecular weight is 277 g/mol. The van der Waals surface area contributed by atoms with Gasteiger partial charge in [0, 0.05) is 38.8 Å². The molecule has 1 aliphatic rings. The predicted octanol–water partition coefficient (Wildman–Crippen LogP) is 0.327. The fourth-order valence-corrected chi connectivity index (χ4v) is 3.67. The summed E-state index contributed by atoms with van der Waals surface area (Å²) in [6, 6.07) is 0.390. The van der Waals surface area contributed by atoms with E-state index < -0.39 is 10.0 Å². The Kier molecular flexibility index (Phi) is 6.04. The summed E-state index contributed by atoms with van der Waals surface area (Å²) in [6.07, 6.45) is 3.54. The molecular formula is C12H27N3O2S. The third kappa shape index (κ3) is 3.91. The molecule has 0 radical (unpaired) electrons. The van der Waals surface area contributed by atoms with Crippen LogP contribution in [0.3, 0.4) is 0 Å².